The molecule has 144 valence electrons. The first-order chi connectivity index (χ1) is 13.0. The zero-order valence-corrected chi connectivity index (χ0v) is 17.1. The molecule has 3 rings (SSSR count). The standard InChI is InChI=1S/C23H29NO2S/c1-23(2,15-5-10-21(25)26)18-13-11-17(12-14-18)20-9-6-16-24-22(20)27-19-7-3-4-8-19/h6,9,11-14,16,19H,3-5,7-8,10,15H2,1-2H3,(H,25,26). The zero-order chi connectivity index (χ0) is 19.3. The summed E-state index contributed by atoms with van der Waals surface area (Å²) < 4.78 is 0. The third-order valence-corrected chi connectivity index (χ3v) is 6.87. The van der Waals surface area contributed by atoms with Crippen molar-refractivity contribution < 1.29 is 9.90 Å². The number of aromatic nitrogens is 1. The number of hydrogen-bond acceptors (Lipinski definition) is 3. The van der Waals surface area contributed by atoms with Crippen molar-refractivity contribution in [1.82, 2.24) is 4.98 Å². The van der Waals surface area contributed by atoms with Gasteiger partial charge in [-0.3, -0.25) is 4.79 Å². The molecule has 0 amide bonds. The van der Waals surface area contributed by atoms with E-state index in [0.29, 0.717) is 11.7 Å². The molecule has 1 N–H and O–H groups in total. The lowest BCUT2D eigenvalue weighted by Gasteiger charge is -2.25. The third-order valence-electron chi connectivity index (χ3n) is 5.52. The lowest BCUT2D eigenvalue weighted by atomic mass is 9.80. The van der Waals surface area contributed by atoms with E-state index in [-0.39, 0.29) is 11.8 Å². The van der Waals surface area contributed by atoms with Gasteiger partial charge in [0.25, 0.3) is 0 Å². The van der Waals surface area contributed by atoms with Crippen molar-refractivity contribution in [3.8, 4) is 11.1 Å². The van der Waals surface area contributed by atoms with E-state index in [1.54, 1.807) is 0 Å². The maximum absolute atomic E-state index is 10.8. The molecule has 0 spiro atoms. The highest BCUT2D eigenvalue weighted by Crippen LogP contribution is 2.39. The van der Waals surface area contributed by atoms with Crippen LogP contribution in [0.15, 0.2) is 47.6 Å². The molecule has 27 heavy (non-hydrogen) atoms. The van der Waals surface area contributed by atoms with Crippen LogP contribution in [-0.2, 0) is 10.2 Å². The SMILES string of the molecule is CC(C)(CCCC(=O)O)c1ccc(-c2cccnc2SC2CCCC2)cc1. The van der Waals surface area contributed by atoms with Crippen LogP contribution >= 0.6 is 11.8 Å². The average molecular weight is 384 g/mol. The number of carbonyl (C=O) groups is 1. The molecule has 1 heterocycles. The fourth-order valence-electron chi connectivity index (χ4n) is 3.80. The largest absolute Gasteiger partial charge is 0.481 e. The van der Waals surface area contributed by atoms with Crippen molar-refractivity contribution in [1.29, 1.82) is 0 Å². The van der Waals surface area contributed by atoms with Gasteiger partial charge in [-0.15, -0.1) is 11.8 Å². The Hall–Kier alpha value is -1.81. The Bertz CT molecular complexity index is 764. The van der Waals surface area contributed by atoms with Crippen LogP contribution in [0.4, 0.5) is 0 Å². The molecule has 1 aromatic carbocycles. The molecule has 4 heteroatoms. The van der Waals surface area contributed by atoms with Crippen molar-refractivity contribution in [2.75, 3.05) is 0 Å². The average Bonchev–Trinajstić information content (AvgIpc) is 3.15. The van der Waals surface area contributed by atoms with Gasteiger partial charge in [-0.05, 0) is 48.3 Å². The second-order valence-corrected chi connectivity index (χ2v) is 9.38. The summed E-state index contributed by atoms with van der Waals surface area (Å²) in [6, 6.07) is 12.9. The summed E-state index contributed by atoms with van der Waals surface area (Å²) in [5.74, 6) is -0.718. The van der Waals surface area contributed by atoms with Crippen molar-refractivity contribution >= 4 is 17.7 Å². The quantitative estimate of drug-likeness (QED) is 0.580. The summed E-state index contributed by atoms with van der Waals surface area (Å²) in [4.78, 5) is 15.4. The minimum atomic E-state index is -0.718. The summed E-state index contributed by atoms with van der Waals surface area (Å²) in [5, 5.41) is 10.7. The smallest absolute Gasteiger partial charge is 0.303 e. The number of aliphatic carboxylic acids is 1. The molecule has 2 aromatic rings. The topological polar surface area (TPSA) is 50.2 Å². The number of benzene rings is 1. The normalized spacial score (nSPS) is 15.2. The minimum Gasteiger partial charge on any atom is -0.481 e. The van der Waals surface area contributed by atoms with E-state index in [1.807, 2.05) is 24.0 Å². The van der Waals surface area contributed by atoms with E-state index < -0.39 is 5.97 Å². The van der Waals surface area contributed by atoms with Crippen LogP contribution in [0.25, 0.3) is 11.1 Å². The molecule has 1 aromatic heterocycles. The highest BCUT2D eigenvalue weighted by atomic mass is 32.2. The minimum absolute atomic E-state index is 0.0235. The monoisotopic (exact) mass is 383 g/mol. The number of hydrogen-bond donors (Lipinski definition) is 1. The molecule has 1 saturated carbocycles. The number of nitrogens with zero attached hydrogens (tertiary/aromatic N) is 1. The van der Waals surface area contributed by atoms with Crippen LogP contribution in [0.2, 0.25) is 0 Å². The summed E-state index contributed by atoms with van der Waals surface area (Å²) in [6.07, 6.45) is 8.97. The first-order valence-electron chi connectivity index (χ1n) is 9.90. The molecule has 0 radical (unpaired) electrons. The van der Waals surface area contributed by atoms with E-state index in [2.05, 4.69) is 49.2 Å². The van der Waals surface area contributed by atoms with Crippen molar-refractivity contribution in [3.05, 3.63) is 48.2 Å². The van der Waals surface area contributed by atoms with Gasteiger partial charge in [0.15, 0.2) is 0 Å². The van der Waals surface area contributed by atoms with Crippen LogP contribution in [0, 0.1) is 0 Å². The summed E-state index contributed by atoms with van der Waals surface area (Å²) in [6.45, 7) is 4.38. The Morgan fingerprint density at radius 1 is 1.19 bits per heavy atom. The van der Waals surface area contributed by atoms with Gasteiger partial charge in [0.1, 0.15) is 5.03 Å². The molecule has 3 nitrogen and oxygen atoms in total. The molecule has 1 aliphatic rings. The van der Waals surface area contributed by atoms with Crippen molar-refractivity contribution in [3.63, 3.8) is 0 Å². The van der Waals surface area contributed by atoms with Gasteiger partial charge in [0.05, 0.1) is 0 Å². The molecule has 0 unspecified atom stereocenters. The molecule has 1 fully saturated rings. The fraction of sp³-hybridized carbons (Fsp3) is 0.478. The van der Waals surface area contributed by atoms with Crippen LogP contribution in [0.5, 0.6) is 0 Å². The van der Waals surface area contributed by atoms with Crippen LogP contribution in [-0.4, -0.2) is 21.3 Å². The maximum Gasteiger partial charge on any atom is 0.303 e. The lowest BCUT2D eigenvalue weighted by molar-refractivity contribution is -0.137. The number of pyridine rings is 1. The molecule has 0 aliphatic heterocycles. The fourth-order valence-corrected chi connectivity index (χ4v) is 5.11. The Labute approximate surface area is 166 Å². The second-order valence-electron chi connectivity index (χ2n) is 8.09. The Morgan fingerprint density at radius 2 is 1.89 bits per heavy atom. The summed E-state index contributed by atoms with van der Waals surface area (Å²) >= 11 is 1.93. The number of thioether (sulfide) groups is 1. The zero-order valence-electron chi connectivity index (χ0n) is 16.3. The molecular formula is C23H29NO2S. The third kappa shape index (κ3) is 5.35. The number of carboxylic acids is 1. The Balaban J connectivity index is 1.74. The highest BCUT2D eigenvalue weighted by Gasteiger charge is 2.22. The highest BCUT2D eigenvalue weighted by molar-refractivity contribution is 8.00. The summed E-state index contributed by atoms with van der Waals surface area (Å²) in [5.41, 5.74) is 3.65. The van der Waals surface area contributed by atoms with E-state index >= 15 is 0 Å². The molecule has 1 aliphatic carbocycles. The van der Waals surface area contributed by atoms with Gasteiger partial charge < -0.3 is 5.11 Å². The van der Waals surface area contributed by atoms with Gasteiger partial charge in [-0.1, -0.05) is 57.0 Å². The van der Waals surface area contributed by atoms with Crippen molar-refractivity contribution in [2.45, 2.75) is 74.5 Å². The van der Waals surface area contributed by atoms with E-state index in [0.717, 1.165) is 11.4 Å². The van der Waals surface area contributed by atoms with Gasteiger partial charge in [-0.25, -0.2) is 4.98 Å². The van der Waals surface area contributed by atoms with Crippen LogP contribution in [0.1, 0.15) is 64.4 Å². The van der Waals surface area contributed by atoms with Gasteiger partial charge in [0.2, 0.25) is 0 Å². The Kier molecular flexibility index (Phi) is 6.59. The van der Waals surface area contributed by atoms with E-state index in [1.165, 1.54) is 42.4 Å². The van der Waals surface area contributed by atoms with Crippen LogP contribution in [0.3, 0.4) is 0 Å². The molecular weight excluding hydrogens is 354 g/mol. The van der Waals surface area contributed by atoms with Crippen LogP contribution < -0.4 is 0 Å². The maximum atomic E-state index is 10.8. The molecule has 0 saturated heterocycles. The lowest BCUT2D eigenvalue weighted by Crippen LogP contribution is -2.17. The Morgan fingerprint density at radius 3 is 2.56 bits per heavy atom. The second kappa shape index (κ2) is 8.92. The number of rotatable bonds is 8. The van der Waals surface area contributed by atoms with Crippen molar-refractivity contribution in [2.24, 2.45) is 0 Å². The van der Waals surface area contributed by atoms with Gasteiger partial charge >= 0.3 is 5.97 Å². The number of carboxylic acid groups (broad SMARTS) is 1. The summed E-state index contributed by atoms with van der Waals surface area (Å²) in [7, 11) is 0. The van der Waals surface area contributed by atoms with Gasteiger partial charge in [0, 0.05) is 23.4 Å². The molecule has 0 atom stereocenters. The molecule has 0 bridgehead atoms. The van der Waals surface area contributed by atoms with E-state index in [4.69, 9.17) is 5.11 Å². The first kappa shape index (κ1) is 19.9. The predicted molar refractivity (Wildman–Crippen MR) is 112 cm³/mol. The predicted octanol–water partition coefficient (Wildman–Crippen LogP) is 6.32. The van der Waals surface area contributed by atoms with E-state index in [9.17, 15) is 4.79 Å². The van der Waals surface area contributed by atoms with Gasteiger partial charge in [-0.2, -0.15) is 0 Å². The first-order valence-corrected chi connectivity index (χ1v) is 10.8.